The maximum atomic E-state index is 13.3. The van der Waals surface area contributed by atoms with Crippen molar-refractivity contribution in [2.45, 2.75) is 53.5 Å². The second-order valence-electron chi connectivity index (χ2n) is 7.72. The summed E-state index contributed by atoms with van der Waals surface area (Å²) in [4.78, 5) is 30.4. The molecule has 0 radical (unpaired) electrons. The number of aromatic nitrogens is 2. The monoisotopic (exact) mass is 403 g/mol. The Labute approximate surface area is 177 Å². The van der Waals surface area contributed by atoms with Crippen molar-refractivity contribution in [3.8, 4) is 0 Å². The summed E-state index contributed by atoms with van der Waals surface area (Å²) in [5.74, 6) is -0.347. The number of carbonyl (C=O) groups is 1. The van der Waals surface area contributed by atoms with E-state index in [1.807, 2.05) is 57.3 Å². The number of nitrogens with one attached hydrogen (secondary N) is 1. The molecule has 5 heteroatoms. The third-order valence-electron chi connectivity index (χ3n) is 5.54. The highest BCUT2D eigenvalue weighted by molar-refractivity contribution is 6.05. The SMILES string of the molecule is CCCCc1c(C(=O)Nc2cccc(C)c2C)c(=O)cc(C)n1Cc1cccnc1. The molecule has 2 aromatic heterocycles. The van der Waals surface area contributed by atoms with E-state index in [2.05, 4.69) is 21.8 Å². The third-order valence-corrected chi connectivity index (χ3v) is 5.54. The second-order valence-corrected chi connectivity index (χ2v) is 7.72. The standard InChI is InChI=1S/C25H29N3O2/c1-5-6-12-22-24(25(30)27-21-11-7-9-17(2)19(21)4)23(29)14-18(3)28(22)16-20-10-8-13-26-15-20/h7-11,13-15H,5-6,12,16H2,1-4H3,(H,27,30). The van der Waals surface area contributed by atoms with Gasteiger partial charge in [0.15, 0.2) is 5.43 Å². The van der Waals surface area contributed by atoms with Crippen molar-refractivity contribution < 1.29 is 4.79 Å². The van der Waals surface area contributed by atoms with Gasteiger partial charge in [-0.2, -0.15) is 0 Å². The van der Waals surface area contributed by atoms with Crippen molar-refractivity contribution in [2.24, 2.45) is 0 Å². The Morgan fingerprint density at radius 2 is 1.93 bits per heavy atom. The van der Waals surface area contributed by atoms with Gasteiger partial charge in [-0.3, -0.25) is 14.6 Å². The van der Waals surface area contributed by atoms with Crippen molar-refractivity contribution in [1.82, 2.24) is 9.55 Å². The quantitative estimate of drug-likeness (QED) is 0.616. The highest BCUT2D eigenvalue weighted by atomic mass is 16.2. The molecule has 5 nitrogen and oxygen atoms in total. The Hall–Kier alpha value is -3.21. The summed E-state index contributed by atoms with van der Waals surface area (Å²) in [6.07, 6.45) is 6.11. The number of pyridine rings is 2. The van der Waals surface area contributed by atoms with E-state index >= 15 is 0 Å². The predicted octanol–water partition coefficient (Wildman–Crippen LogP) is 4.81. The lowest BCUT2D eigenvalue weighted by Crippen LogP contribution is -2.29. The number of unbranched alkanes of at least 4 members (excludes halogenated alkanes) is 1. The number of hydrogen-bond acceptors (Lipinski definition) is 3. The Morgan fingerprint density at radius 3 is 2.63 bits per heavy atom. The number of carbonyl (C=O) groups excluding carboxylic acids is 1. The highest BCUT2D eigenvalue weighted by Gasteiger charge is 2.21. The van der Waals surface area contributed by atoms with Crippen LogP contribution >= 0.6 is 0 Å². The third kappa shape index (κ3) is 4.67. The lowest BCUT2D eigenvalue weighted by molar-refractivity contribution is 0.102. The first-order valence-electron chi connectivity index (χ1n) is 10.4. The van der Waals surface area contributed by atoms with Gasteiger partial charge in [-0.25, -0.2) is 0 Å². The molecule has 3 rings (SSSR count). The number of benzene rings is 1. The van der Waals surface area contributed by atoms with Crippen LogP contribution in [0.2, 0.25) is 0 Å². The van der Waals surface area contributed by atoms with E-state index in [4.69, 9.17) is 0 Å². The van der Waals surface area contributed by atoms with Gasteiger partial charge in [0.2, 0.25) is 0 Å². The average Bonchev–Trinajstić information content (AvgIpc) is 2.72. The maximum absolute atomic E-state index is 13.3. The molecule has 0 aliphatic heterocycles. The molecular weight excluding hydrogens is 374 g/mol. The molecule has 0 unspecified atom stereocenters. The summed E-state index contributed by atoms with van der Waals surface area (Å²) in [6.45, 7) is 8.57. The molecule has 0 aliphatic rings. The van der Waals surface area contributed by atoms with Crippen molar-refractivity contribution in [3.63, 3.8) is 0 Å². The van der Waals surface area contributed by atoms with Crippen LogP contribution in [0.3, 0.4) is 0 Å². The van der Waals surface area contributed by atoms with Crippen molar-refractivity contribution in [1.29, 1.82) is 0 Å². The molecule has 156 valence electrons. The van der Waals surface area contributed by atoms with Gasteiger partial charge in [-0.15, -0.1) is 0 Å². The average molecular weight is 404 g/mol. The molecule has 1 aromatic carbocycles. The first kappa shape index (κ1) is 21.5. The Morgan fingerprint density at radius 1 is 1.13 bits per heavy atom. The minimum Gasteiger partial charge on any atom is -0.343 e. The molecule has 2 heterocycles. The number of nitrogens with zero attached hydrogens (tertiary/aromatic N) is 2. The van der Waals surface area contributed by atoms with Crippen molar-refractivity contribution in [2.75, 3.05) is 5.32 Å². The molecule has 0 fully saturated rings. The molecule has 0 atom stereocenters. The molecular formula is C25H29N3O2. The van der Waals surface area contributed by atoms with Crippen LogP contribution in [0.4, 0.5) is 5.69 Å². The summed E-state index contributed by atoms with van der Waals surface area (Å²) in [5.41, 5.74) is 5.50. The molecule has 30 heavy (non-hydrogen) atoms. The second kappa shape index (κ2) is 9.53. The summed E-state index contributed by atoms with van der Waals surface area (Å²) in [6, 6.07) is 11.2. The van der Waals surface area contributed by atoms with Gasteiger partial charge >= 0.3 is 0 Å². The van der Waals surface area contributed by atoms with Gasteiger partial charge < -0.3 is 9.88 Å². The van der Waals surface area contributed by atoms with Crippen molar-refractivity contribution in [3.05, 3.63) is 92.7 Å². The smallest absolute Gasteiger partial charge is 0.261 e. The molecule has 1 amide bonds. The summed E-state index contributed by atoms with van der Waals surface area (Å²) in [7, 11) is 0. The van der Waals surface area contributed by atoms with Crippen LogP contribution in [0.15, 0.2) is 53.6 Å². The molecule has 0 aliphatic carbocycles. The fourth-order valence-electron chi connectivity index (χ4n) is 3.64. The van der Waals surface area contributed by atoms with E-state index in [9.17, 15) is 9.59 Å². The zero-order valence-electron chi connectivity index (χ0n) is 18.2. The Kier molecular flexibility index (Phi) is 6.83. The fourth-order valence-corrected chi connectivity index (χ4v) is 3.64. The predicted molar refractivity (Wildman–Crippen MR) is 121 cm³/mol. The van der Waals surface area contributed by atoms with E-state index in [0.717, 1.165) is 46.6 Å². The first-order valence-corrected chi connectivity index (χ1v) is 10.4. The van der Waals surface area contributed by atoms with Gasteiger partial charge in [0.25, 0.3) is 5.91 Å². The normalized spacial score (nSPS) is 10.8. The first-order chi connectivity index (χ1) is 14.4. The number of aryl methyl sites for hydroxylation is 2. The number of hydrogen-bond donors (Lipinski definition) is 1. The van der Waals surface area contributed by atoms with E-state index < -0.39 is 0 Å². The number of amides is 1. The highest BCUT2D eigenvalue weighted by Crippen LogP contribution is 2.20. The fraction of sp³-hybridized carbons (Fsp3) is 0.320. The lowest BCUT2D eigenvalue weighted by Gasteiger charge is -2.20. The zero-order valence-corrected chi connectivity index (χ0v) is 18.2. The minimum absolute atomic E-state index is 0.233. The Balaban J connectivity index is 2.07. The minimum atomic E-state index is -0.347. The van der Waals surface area contributed by atoms with Gasteiger partial charge in [-0.1, -0.05) is 31.5 Å². The zero-order chi connectivity index (χ0) is 21.7. The largest absolute Gasteiger partial charge is 0.343 e. The lowest BCUT2D eigenvalue weighted by atomic mass is 10.0. The molecule has 0 saturated carbocycles. The van der Waals surface area contributed by atoms with Gasteiger partial charge in [0, 0.05) is 42.1 Å². The van der Waals surface area contributed by atoms with Crippen LogP contribution in [0.25, 0.3) is 0 Å². The summed E-state index contributed by atoms with van der Waals surface area (Å²) in [5, 5.41) is 2.97. The van der Waals surface area contributed by atoms with Crippen LogP contribution < -0.4 is 10.7 Å². The molecule has 0 bridgehead atoms. The number of anilines is 1. The molecule has 0 spiro atoms. The number of rotatable bonds is 7. The van der Waals surface area contributed by atoms with Crippen LogP contribution in [0, 0.1) is 20.8 Å². The van der Waals surface area contributed by atoms with Crippen LogP contribution in [-0.2, 0) is 13.0 Å². The van der Waals surface area contributed by atoms with E-state index in [-0.39, 0.29) is 16.9 Å². The van der Waals surface area contributed by atoms with E-state index in [1.165, 1.54) is 0 Å². The van der Waals surface area contributed by atoms with Gasteiger partial charge in [0.05, 0.1) is 0 Å². The Bertz CT molecular complexity index is 1100. The molecule has 0 saturated heterocycles. The van der Waals surface area contributed by atoms with Gasteiger partial charge in [-0.05, 0) is 62.4 Å². The van der Waals surface area contributed by atoms with Crippen molar-refractivity contribution >= 4 is 11.6 Å². The van der Waals surface area contributed by atoms with Gasteiger partial charge in [0.1, 0.15) is 5.56 Å². The maximum Gasteiger partial charge on any atom is 0.261 e. The van der Waals surface area contributed by atoms with Crippen LogP contribution in [0.1, 0.15) is 58.2 Å². The molecule has 3 aromatic rings. The summed E-state index contributed by atoms with van der Waals surface area (Å²) >= 11 is 0. The van der Waals surface area contributed by atoms with Crippen LogP contribution in [0.5, 0.6) is 0 Å². The molecule has 1 N–H and O–H groups in total. The van der Waals surface area contributed by atoms with E-state index in [0.29, 0.717) is 13.0 Å². The van der Waals surface area contributed by atoms with E-state index in [1.54, 1.807) is 12.3 Å². The topological polar surface area (TPSA) is 64.0 Å². The summed E-state index contributed by atoms with van der Waals surface area (Å²) < 4.78 is 2.08. The van der Waals surface area contributed by atoms with Crippen LogP contribution in [-0.4, -0.2) is 15.5 Å².